The van der Waals surface area contributed by atoms with Crippen molar-refractivity contribution in [2.75, 3.05) is 6.26 Å². The Hall–Kier alpha value is -8.84. The van der Waals surface area contributed by atoms with E-state index in [1.54, 1.807) is 11.8 Å². The highest BCUT2D eigenvalue weighted by atomic mass is 32.2. The Labute approximate surface area is 415 Å². The SMILES string of the molecule is C=Cc1c(C=C)c2ccc(-c3nc(-c4ccccc4)nc(-c4cccc5oc6ccc(-c7c(-c8ccc(C(=C)/C=C\C=C/C)c(SC)c8)ccc8oc9ccccc9c78)cc6c45)n3)cc2c2ccccc12. The zero-order valence-corrected chi connectivity index (χ0v) is 40.1. The van der Waals surface area contributed by atoms with Crippen LogP contribution in [-0.2, 0) is 0 Å². The molecular weight excluding hydrogens is 887 g/mol. The fourth-order valence-electron chi connectivity index (χ4n) is 10.2. The van der Waals surface area contributed by atoms with Gasteiger partial charge >= 0.3 is 0 Å². The monoisotopic (exact) mass is 931 g/mol. The van der Waals surface area contributed by atoms with Gasteiger partial charge in [-0.1, -0.05) is 178 Å². The number of hydrogen-bond acceptors (Lipinski definition) is 6. The van der Waals surface area contributed by atoms with Gasteiger partial charge in [-0.15, -0.1) is 11.8 Å². The minimum Gasteiger partial charge on any atom is -0.456 e. The van der Waals surface area contributed by atoms with Crippen molar-refractivity contribution in [1.82, 2.24) is 15.0 Å². The summed E-state index contributed by atoms with van der Waals surface area (Å²) >= 11 is 1.72. The number of para-hydroxylation sites is 1. The lowest BCUT2D eigenvalue weighted by Gasteiger charge is -2.15. The van der Waals surface area contributed by atoms with Gasteiger partial charge in [-0.3, -0.25) is 0 Å². The Kier molecular flexibility index (Phi) is 11.0. The summed E-state index contributed by atoms with van der Waals surface area (Å²) in [6, 6.07) is 56.8. The number of aromatic nitrogens is 3. The molecule has 9 aromatic carbocycles. The molecule has 0 radical (unpaired) electrons. The fraction of sp³-hybridized carbons (Fsp3) is 0.0308. The van der Waals surface area contributed by atoms with E-state index in [1.165, 1.54) is 0 Å². The third kappa shape index (κ3) is 7.39. The van der Waals surface area contributed by atoms with Gasteiger partial charge in [0.25, 0.3) is 0 Å². The van der Waals surface area contributed by atoms with E-state index in [9.17, 15) is 0 Å². The van der Waals surface area contributed by atoms with Crippen LogP contribution in [0.2, 0.25) is 0 Å². The van der Waals surface area contributed by atoms with E-state index in [-0.39, 0.29) is 0 Å². The molecule has 0 amide bonds. The quantitative estimate of drug-likeness (QED) is 0.0731. The summed E-state index contributed by atoms with van der Waals surface area (Å²) in [5, 5.41) is 8.38. The molecule has 0 aliphatic heterocycles. The van der Waals surface area contributed by atoms with Crippen LogP contribution in [-0.4, -0.2) is 21.2 Å². The van der Waals surface area contributed by atoms with Crippen molar-refractivity contribution in [3.63, 3.8) is 0 Å². The van der Waals surface area contributed by atoms with Crippen LogP contribution < -0.4 is 0 Å². The zero-order chi connectivity index (χ0) is 48.2. The van der Waals surface area contributed by atoms with Gasteiger partial charge in [0.2, 0.25) is 0 Å². The summed E-state index contributed by atoms with van der Waals surface area (Å²) in [5.41, 5.74) is 14.2. The van der Waals surface area contributed by atoms with Crippen LogP contribution >= 0.6 is 11.8 Å². The molecule has 0 aliphatic carbocycles. The van der Waals surface area contributed by atoms with Gasteiger partial charge in [-0.05, 0) is 116 Å². The molecule has 0 saturated heterocycles. The standard InChI is InChI=1S/C65H45N3O2S/c1-6-9-11-19-39(4)46-31-28-41(38-59(46)71-5)47-33-35-58-62(51-24-16-17-26-55(51)69-58)60(47)42-30-34-56-54(36-42)61-52(25-18-27-57(61)70-56)65-67-63(40-20-12-10-13-21-40)66-64(68-65)43-29-32-50-45(8-3)44(7-2)48-22-14-15-23-49(48)53(50)37-43/h6-38H,2-4H2,1,5H3/b9-6-,19-11-. The lowest BCUT2D eigenvalue weighted by Crippen LogP contribution is -2.00. The Morgan fingerprint density at radius 3 is 1.87 bits per heavy atom. The molecule has 0 atom stereocenters. The predicted molar refractivity (Wildman–Crippen MR) is 302 cm³/mol. The van der Waals surface area contributed by atoms with Gasteiger partial charge < -0.3 is 8.83 Å². The Morgan fingerprint density at radius 1 is 0.479 bits per heavy atom. The number of rotatable bonds is 11. The van der Waals surface area contributed by atoms with Crippen LogP contribution in [0.3, 0.4) is 0 Å². The van der Waals surface area contributed by atoms with Crippen molar-refractivity contribution in [3.05, 3.63) is 225 Å². The average Bonchev–Trinajstić information content (AvgIpc) is 4.00. The molecule has 12 aromatic rings. The number of allylic oxidation sites excluding steroid dienone is 5. The first-order valence-corrected chi connectivity index (χ1v) is 24.8. The first-order valence-electron chi connectivity index (χ1n) is 23.6. The van der Waals surface area contributed by atoms with Crippen LogP contribution in [0.4, 0.5) is 0 Å². The van der Waals surface area contributed by atoms with Crippen molar-refractivity contribution in [2.24, 2.45) is 0 Å². The summed E-state index contributed by atoms with van der Waals surface area (Å²) < 4.78 is 13.2. The molecule has 0 bridgehead atoms. The van der Waals surface area contributed by atoms with Crippen LogP contribution in [0.15, 0.2) is 222 Å². The van der Waals surface area contributed by atoms with Crippen LogP contribution in [0, 0.1) is 0 Å². The highest BCUT2D eigenvalue weighted by molar-refractivity contribution is 7.98. The number of thioether (sulfide) groups is 1. The summed E-state index contributed by atoms with van der Waals surface area (Å²) in [6.45, 7) is 14.8. The van der Waals surface area contributed by atoms with Gasteiger partial charge in [0.1, 0.15) is 22.3 Å². The van der Waals surface area contributed by atoms with E-state index in [0.29, 0.717) is 17.5 Å². The van der Waals surface area contributed by atoms with Crippen LogP contribution in [0.25, 0.3) is 140 Å². The second-order valence-electron chi connectivity index (χ2n) is 17.5. The molecule has 0 saturated carbocycles. The summed E-state index contributed by atoms with van der Waals surface area (Å²) in [6.07, 6.45) is 14.1. The topological polar surface area (TPSA) is 65.0 Å². The molecular formula is C65H45N3O2S. The van der Waals surface area contributed by atoms with Crippen molar-refractivity contribution in [2.45, 2.75) is 11.8 Å². The molecule has 0 unspecified atom stereocenters. The van der Waals surface area contributed by atoms with E-state index in [2.05, 4.69) is 141 Å². The molecule has 0 aliphatic rings. The minimum atomic E-state index is 0.543. The minimum absolute atomic E-state index is 0.543. The lowest BCUT2D eigenvalue weighted by molar-refractivity contribution is 0.669. The third-order valence-electron chi connectivity index (χ3n) is 13.5. The fourth-order valence-corrected chi connectivity index (χ4v) is 10.9. The molecule has 71 heavy (non-hydrogen) atoms. The number of fused-ring (bicyclic) bond motifs is 9. The van der Waals surface area contributed by atoms with Gasteiger partial charge in [0, 0.05) is 48.7 Å². The lowest BCUT2D eigenvalue weighted by atomic mass is 9.89. The van der Waals surface area contributed by atoms with Crippen LogP contribution in [0.5, 0.6) is 0 Å². The molecule has 5 nitrogen and oxygen atoms in total. The summed E-state index contributed by atoms with van der Waals surface area (Å²) in [4.78, 5) is 16.9. The molecule has 0 spiro atoms. The zero-order valence-electron chi connectivity index (χ0n) is 39.2. The molecule has 0 N–H and O–H groups in total. The second-order valence-corrected chi connectivity index (χ2v) is 18.3. The van der Waals surface area contributed by atoms with Gasteiger partial charge in [-0.25, -0.2) is 15.0 Å². The maximum absolute atomic E-state index is 6.70. The molecule has 6 heteroatoms. The Balaban J connectivity index is 1.07. The maximum Gasteiger partial charge on any atom is 0.164 e. The number of furan rings is 2. The van der Waals surface area contributed by atoms with Crippen molar-refractivity contribution >= 4 is 94.9 Å². The maximum atomic E-state index is 6.70. The Bertz CT molecular complexity index is 4230. The van der Waals surface area contributed by atoms with Crippen molar-refractivity contribution in [3.8, 4) is 56.4 Å². The van der Waals surface area contributed by atoms with E-state index >= 15 is 0 Å². The molecule has 12 rings (SSSR count). The van der Waals surface area contributed by atoms with E-state index < -0.39 is 0 Å². The molecule has 3 heterocycles. The van der Waals surface area contributed by atoms with Gasteiger partial charge in [-0.2, -0.15) is 0 Å². The second kappa shape index (κ2) is 17.9. The molecule has 338 valence electrons. The highest BCUT2D eigenvalue weighted by Gasteiger charge is 2.23. The largest absolute Gasteiger partial charge is 0.456 e. The van der Waals surface area contributed by atoms with Gasteiger partial charge in [0.15, 0.2) is 17.5 Å². The van der Waals surface area contributed by atoms with Crippen molar-refractivity contribution in [1.29, 1.82) is 0 Å². The smallest absolute Gasteiger partial charge is 0.164 e. The summed E-state index contributed by atoms with van der Waals surface area (Å²) in [5.74, 6) is 1.68. The highest BCUT2D eigenvalue weighted by Crippen LogP contribution is 2.46. The van der Waals surface area contributed by atoms with Gasteiger partial charge in [0.05, 0.1) is 0 Å². The normalized spacial score (nSPS) is 11.9. The van der Waals surface area contributed by atoms with E-state index in [1.807, 2.05) is 91.9 Å². The third-order valence-corrected chi connectivity index (χ3v) is 14.2. The number of benzene rings is 9. The van der Waals surface area contributed by atoms with Crippen molar-refractivity contribution < 1.29 is 8.83 Å². The van der Waals surface area contributed by atoms with Crippen LogP contribution in [0.1, 0.15) is 23.6 Å². The average molecular weight is 932 g/mol. The number of hydrogen-bond donors (Lipinski definition) is 0. The molecule has 3 aromatic heterocycles. The first kappa shape index (κ1) is 43.4. The predicted octanol–water partition coefficient (Wildman–Crippen LogP) is 18.5. The first-order chi connectivity index (χ1) is 34.9. The van der Waals surface area contributed by atoms with E-state index in [0.717, 1.165) is 132 Å². The van der Waals surface area contributed by atoms with E-state index in [4.69, 9.17) is 23.8 Å². The molecule has 0 fully saturated rings. The summed E-state index contributed by atoms with van der Waals surface area (Å²) in [7, 11) is 0. The Morgan fingerprint density at radius 2 is 1.10 bits per heavy atom. The number of nitrogens with zero attached hydrogens (tertiary/aromatic N) is 3.